The van der Waals surface area contributed by atoms with Gasteiger partial charge in [0, 0.05) is 12.1 Å². The van der Waals surface area contributed by atoms with E-state index in [2.05, 4.69) is 69.0 Å². The number of rotatable bonds is 11. The lowest BCUT2D eigenvalue weighted by Crippen LogP contribution is -2.55. The number of carbonyl (C=O) groups excluding carboxylic acids is 1. The molecule has 0 heterocycles. The van der Waals surface area contributed by atoms with E-state index in [-0.39, 0.29) is 18.1 Å². The van der Waals surface area contributed by atoms with E-state index in [4.69, 9.17) is 9.47 Å². The maximum atomic E-state index is 12.1. The van der Waals surface area contributed by atoms with E-state index < -0.39 is 5.72 Å². The summed E-state index contributed by atoms with van der Waals surface area (Å²) in [6.07, 6.45) is 1.64. The third-order valence-electron chi connectivity index (χ3n) is 6.20. The van der Waals surface area contributed by atoms with E-state index in [1.54, 1.807) is 0 Å². The third kappa shape index (κ3) is 6.13. The number of hydrogen-bond donors (Lipinski definition) is 0. The van der Waals surface area contributed by atoms with Gasteiger partial charge in [-0.1, -0.05) is 72.8 Å². The fraction of sp³-hybridized carbons (Fsp3) is 0.367. The van der Waals surface area contributed by atoms with Crippen LogP contribution in [0.15, 0.2) is 84.9 Å². The molecule has 0 saturated heterocycles. The van der Waals surface area contributed by atoms with Gasteiger partial charge in [-0.05, 0) is 69.4 Å². The minimum Gasteiger partial charge on any atom is -0.465 e. The van der Waals surface area contributed by atoms with E-state index in [1.165, 1.54) is 12.7 Å². The predicted molar refractivity (Wildman–Crippen MR) is 138 cm³/mol. The van der Waals surface area contributed by atoms with Crippen molar-refractivity contribution in [1.82, 2.24) is 4.90 Å². The van der Waals surface area contributed by atoms with Gasteiger partial charge in [0.05, 0.1) is 19.3 Å². The Morgan fingerprint density at radius 3 is 1.82 bits per heavy atom. The van der Waals surface area contributed by atoms with Gasteiger partial charge >= 0.3 is 5.97 Å². The van der Waals surface area contributed by atoms with Crippen LogP contribution in [0.1, 0.15) is 61.2 Å². The Hall–Kier alpha value is -2.95. The van der Waals surface area contributed by atoms with Crippen LogP contribution in [0.2, 0.25) is 0 Å². The fourth-order valence-electron chi connectivity index (χ4n) is 4.80. The molecule has 0 spiro atoms. The molecule has 0 aliphatic carbocycles. The summed E-state index contributed by atoms with van der Waals surface area (Å²) in [6.45, 7) is 9.35. The van der Waals surface area contributed by atoms with Crippen LogP contribution in [-0.2, 0) is 28.2 Å². The molecule has 3 rings (SSSR count). The van der Waals surface area contributed by atoms with E-state index in [9.17, 15) is 4.79 Å². The maximum Gasteiger partial charge on any atom is 0.337 e. The average molecular weight is 460 g/mol. The van der Waals surface area contributed by atoms with Gasteiger partial charge in [0.15, 0.2) is 0 Å². The highest BCUT2D eigenvalue weighted by atomic mass is 16.5. The molecule has 0 bridgehead atoms. The summed E-state index contributed by atoms with van der Waals surface area (Å²) < 4.78 is 11.9. The predicted octanol–water partition coefficient (Wildman–Crippen LogP) is 6.59. The van der Waals surface area contributed by atoms with Gasteiger partial charge < -0.3 is 9.47 Å². The Morgan fingerprint density at radius 1 is 0.794 bits per heavy atom. The molecule has 0 amide bonds. The van der Waals surface area contributed by atoms with Crippen LogP contribution in [-0.4, -0.2) is 30.1 Å². The van der Waals surface area contributed by atoms with E-state index >= 15 is 0 Å². The molecule has 0 aliphatic heterocycles. The first-order chi connectivity index (χ1) is 16.4. The number of nitrogens with zero attached hydrogens (tertiary/aromatic N) is 1. The normalized spacial score (nSPS) is 13.3. The molecular weight excluding hydrogens is 422 g/mol. The van der Waals surface area contributed by atoms with Gasteiger partial charge in [-0.15, -0.1) is 0 Å². The van der Waals surface area contributed by atoms with Crippen LogP contribution in [0.3, 0.4) is 0 Å². The highest BCUT2D eigenvalue weighted by Gasteiger charge is 2.42. The van der Waals surface area contributed by atoms with Crippen LogP contribution in [0.4, 0.5) is 0 Å². The minimum absolute atomic E-state index is 0.242. The molecule has 0 radical (unpaired) electrons. The molecule has 34 heavy (non-hydrogen) atoms. The van der Waals surface area contributed by atoms with E-state index in [1.807, 2.05) is 48.5 Å². The standard InChI is InChI=1S/C30H37NO3/c1-23(2)31(24(3)4)30(21-20-25-12-8-6-9-13-25,34-22-26-14-10-7-11-15-26)28-18-16-27(17-19-28)29(32)33-5/h6-19,23-24H,20-22H2,1-5H3. The maximum absolute atomic E-state index is 12.1. The molecule has 4 heteroatoms. The number of esters is 1. The summed E-state index contributed by atoms with van der Waals surface area (Å²) in [6, 6.07) is 29.0. The summed E-state index contributed by atoms with van der Waals surface area (Å²) in [5.74, 6) is -0.337. The Morgan fingerprint density at radius 2 is 1.32 bits per heavy atom. The van der Waals surface area contributed by atoms with Gasteiger partial charge in [0.25, 0.3) is 0 Å². The topological polar surface area (TPSA) is 38.8 Å². The number of methoxy groups -OCH3 is 1. The Kier molecular flexibility index (Phi) is 9.03. The first-order valence-electron chi connectivity index (χ1n) is 12.1. The molecule has 180 valence electrons. The zero-order valence-electron chi connectivity index (χ0n) is 21.0. The molecule has 1 atom stereocenters. The summed E-state index contributed by atoms with van der Waals surface area (Å²) in [7, 11) is 1.41. The molecular formula is C30H37NO3. The number of benzene rings is 3. The highest BCUT2D eigenvalue weighted by molar-refractivity contribution is 5.89. The van der Waals surface area contributed by atoms with Gasteiger partial charge in [-0.2, -0.15) is 0 Å². The lowest BCUT2D eigenvalue weighted by Gasteiger charge is -2.49. The first kappa shape index (κ1) is 25.7. The zero-order chi connectivity index (χ0) is 24.6. The fourth-order valence-corrected chi connectivity index (χ4v) is 4.80. The van der Waals surface area contributed by atoms with Crippen molar-refractivity contribution in [3.8, 4) is 0 Å². The summed E-state index contributed by atoms with van der Waals surface area (Å²) >= 11 is 0. The average Bonchev–Trinajstić information content (AvgIpc) is 2.86. The van der Waals surface area contributed by atoms with Crippen molar-refractivity contribution >= 4 is 5.97 Å². The van der Waals surface area contributed by atoms with Crippen molar-refractivity contribution in [3.05, 3.63) is 107 Å². The number of ether oxygens (including phenoxy) is 2. The lowest BCUT2D eigenvalue weighted by molar-refractivity contribution is -0.200. The van der Waals surface area contributed by atoms with Crippen LogP contribution in [0.25, 0.3) is 0 Å². The van der Waals surface area contributed by atoms with Crippen molar-refractivity contribution in [1.29, 1.82) is 0 Å². The Labute approximate surface area is 204 Å². The Balaban J connectivity index is 2.09. The molecule has 0 N–H and O–H groups in total. The van der Waals surface area contributed by atoms with Crippen LogP contribution in [0, 0.1) is 0 Å². The summed E-state index contributed by atoms with van der Waals surface area (Å²) in [4.78, 5) is 14.5. The van der Waals surface area contributed by atoms with Crippen molar-refractivity contribution < 1.29 is 14.3 Å². The SMILES string of the molecule is COC(=O)c1ccc(C(CCc2ccccc2)(OCc2ccccc2)N(C(C)C)C(C)C)cc1. The minimum atomic E-state index is -0.678. The molecule has 0 fully saturated rings. The van der Waals surface area contributed by atoms with Gasteiger partial charge in [-0.3, -0.25) is 4.90 Å². The zero-order valence-corrected chi connectivity index (χ0v) is 21.0. The summed E-state index contributed by atoms with van der Waals surface area (Å²) in [5.41, 5.74) is 3.29. The van der Waals surface area contributed by atoms with Gasteiger partial charge in [0.2, 0.25) is 0 Å². The number of hydrogen-bond acceptors (Lipinski definition) is 4. The molecule has 0 aliphatic rings. The smallest absolute Gasteiger partial charge is 0.337 e. The van der Waals surface area contributed by atoms with Gasteiger partial charge in [-0.25, -0.2) is 4.79 Å². The van der Waals surface area contributed by atoms with Crippen molar-refractivity contribution in [2.75, 3.05) is 7.11 Å². The second kappa shape index (κ2) is 12.0. The van der Waals surface area contributed by atoms with Gasteiger partial charge in [0.1, 0.15) is 5.72 Å². The highest BCUT2D eigenvalue weighted by Crippen LogP contribution is 2.39. The largest absolute Gasteiger partial charge is 0.465 e. The lowest BCUT2D eigenvalue weighted by atomic mass is 9.90. The number of aryl methyl sites for hydroxylation is 1. The molecule has 3 aromatic rings. The Bertz CT molecular complexity index is 962. The number of carbonyl (C=O) groups is 1. The van der Waals surface area contributed by atoms with Crippen molar-refractivity contribution in [2.24, 2.45) is 0 Å². The van der Waals surface area contributed by atoms with Crippen molar-refractivity contribution in [2.45, 2.75) is 65.0 Å². The molecule has 0 aromatic heterocycles. The molecule has 4 nitrogen and oxygen atoms in total. The van der Waals surface area contributed by atoms with Crippen molar-refractivity contribution in [3.63, 3.8) is 0 Å². The van der Waals surface area contributed by atoms with E-state index in [0.717, 1.165) is 24.0 Å². The second-order valence-corrected chi connectivity index (χ2v) is 9.21. The summed E-state index contributed by atoms with van der Waals surface area (Å²) in [5, 5.41) is 0. The molecule has 0 saturated carbocycles. The van der Waals surface area contributed by atoms with Crippen LogP contribution >= 0.6 is 0 Å². The third-order valence-corrected chi connectivity index (χ3v) is 6.20. The van der Waals surface area contributed by atoms with Crippen LogP contribution in [0.5, 0.6) is 0 Å². The first-order valence-corrected chi connectivity index (χ1v) is 12.1. The van der Waals surface area contributed by atoms with Crippen LogP contribution < -0.4 is 0 Å². The molecule has 3 aromatic carbocycles. The van der Waals surface area contributed by atoms with E-state index in [0.29, 0.717) is 12.2 Å². The monoisotopic (exact) mass is 459 g/mol. The second-order valence-electron chi connectivity index (χ2n) is 9.21. The molecule has 1 unspecified atom stereocenters. The quantitative estimate of drug-likeness (QED) is 0.239.